The van der Waals surface area contributed by atoms with Gasteiger partial charge in [0.2, 0.25) is 5.82 Å². The van der Waals surface area contributed by atoms with E-state index in [4.69, 9.17) is 4.74 Å². The van der Waals surface area contributed by atoms with Crippen LogP contribution in [0.2, 0.25) is 0 Å². The number of benzene rings is 1. The Kier molecular flexibility index (Phi) is 6.27. The Hall–Kier alpha value is -1.12. The molecule has 0 amide bonds. The highest BCUT2D eigenvalue weighted by molar-refractivity contribution is 5.33. The second-order valence-corrected chi connectivity index (χ2v) is 9.78. The number of hydrogen-bond donors (Lipinski definition) is 0. The third-order valence-corrected chi connectivity index (χ3v) is 8.51. The van der Waals surface area contributed by atoms with E-state index in [1.807, 2.05) is 0 Å². The predicted molar refractivity (Wildman–Crippen MR) is 110 cm³/mol. The highest BCUT2D eigenvalue weighted by atomic mass is 19.2. The van der Waals surface area contributed by atoms with Gasteiger partial charge in [0, 0.05) is 0 Å². The van der Waals surface area contributed by atoms with E-state index in [1.54, 1.807) is 12.1 Å². The minimum Gasteiger partial charge on any atom is -0.494 e. The molecule has 28 heavy (non-hydrogen) atoms. The standard InChI is InChI=1S/C25H36F2O/c1-3-16-4-5-21-15-20(11-10-19(21)14-16)17-6-8-18(9-7-17)22-12-13-23(28-2)25(27)24(22)26/h12-13,16-21H,3-11,14-15H2,1-2H3. The quantitative estimate of drug-likeness (QED) is 0.517. The SMILES string of the molecule is CCC1CCC2CC(C3CCC(c4ccc(OC)c(F)c4F)CC3)CCC2C1. The van der Waals surface area contributed by atoms with E-state index in [-0.39, 0.29) is 11.7 Å². The fourth-order valence-corrected chi connectivity index (χ4v) is 6.74. The summed E-state index contributed by atoms with van der Waals surface area (Å²) in [5.74, 6) is 3.24. The molecule has 4 unspecified atom stereocenters. The van der Waals surface area contributed by atoms with Crippen LogP contribution in [0, 0.1) is 41.2 Å². The van der Waals surface area contributed by atoms with Crippen molar-refractivity contribution in [1.82, 2.24) is 0 Å². The maximum atomic E-state index is 14.5. The average molecular weight is 391 g/mol. The van der Waals surface area contributed by atoms with Crippen molar-refractivity contribution in [3.63, 3.8) is 0 Å². The summed E-state index contributed by atoms with van der Waals surface area (Å²) in [6.07, 6.45) is 14.3. The second-order valence-electron chi connectivity index (χ2n) is 9.78. The molecule has 3 fully saturated rings. The summed E-state index contributed by atoms with van der Waals surface area (Å²) in [6.45, 7) is 2.35. The summed E-state index contributed by atoms with van der Waals surface area (Å²) in [5.41, 5.74) is 0.554. The molecule has 4 rings (SSSR count). The van der Waals surface area contributed by atoms with Crippen LogP contribution in [0.4, 0.5) is 8.78 Å². The van der Waals surface area contributed by atoms with E-state index < -0.39 is 11.6 Å². The van der Waals surface area contributed by atoms with E-state index in [1.165, 1.54) is 64.9 Å². The highest BCUT2D eigenvalue weighted by Crippen LogP contribution is 2.50. The summed E-state index contributed by atoms with van der Waals surface area (Å²) in [5, 5.41) is 0. The van der Waals surface area contributed by atoms with Gasteiger partial charge in [-0.15, -0.1) is 0 Å². The zero-order valence-electron chi connectivity index (χ0n) is 17.6. The summed E-state index contributed by atoms with van der Waals surface area (Å²) in [7, 11) is 1.38. The van der Waals surface area contributed by atoms with Crippen LogP contribution < -0.4 is 4.74 Å². The zero-order valence-corrected chi connectivity index (χ0v) is 17.6. The first-order valence-electron chi connectivity index (χ1n) is 11.6. The zero-order chi connectivity index (χ0) is 19.7. The molecule has 0 radical (unpaired) electrons. The van der Waals surface area contributed by atoms with Gasteiger partial charge in [0.05, 0.1) is 7.11 Å². The lowest BCUT2D eigenvalue weighted by Crippen LogP contribution is -2.34. The van der Waals surface area contributed by atoms with Crippen molar-refractivity contribution in [1.29, 1.82) is 0 Å². The molecule has 1 nitrogen and oxygen atoms in total. The number of hydrogen-bond acceptors (Lipinski definition) is 1. The Labute approximate surface area is 169 Å². The van der Waals surface area contributed by atoms with Crippen LogP contribution in [-0.2, 0) is 0 Å². The molecule has 0 heterocycles. The second kappa shape index (κ2) is 8.71. The molecule has 1 aromatic rings. The van der Waals surface area contributed by atoms with Crippen molar-refractivity contribution in [3.05, 3.63) is 29.3 Å². The molecule has 0 N–H and O–H groups in total. The number of fused-ring (bicyclic) bond motifs is 1. The van der Waals surface area contributed by atoms with Crippen LogP contribution >= 0.6 is 0 Å². The Bertz CT molecular complexity index is 665. The first-order valence-corrected chi connectivity index (χ1v) is 11.6. The van der Waals surface area contributed by atoms with Crippen LogP contribution in [0.5, 0.6) is 5.75 Å². The van der Waals surface area contributed by atoms with Crippen LogP contribution in [0.15, 0.2) is 12.1 Å². The van der Waals surface area contributed by atoms with E-state index in [9.17, 15) is 8.78 Å². The molecule has 0 bridgehead atoms. The molecule has 3 heteroatoms. The van der Waals surface area contributed by atoms with E-state index in [0.29, 0.717) is 5.56 Å². The van der Waals surface area contributed by atoms with Gasteiger partial charge in [-0.3, -0.25) is 0 Å². The van der Waals surface area contributed by atoms with Gasteiger partial charge >= 0.3 is 0 Å². The lowest BCUT2D eigenvalue weighted by molar-refractivity contribution is 0.0628. The normalized spacial score (nSPS) is 36.0. The first-order chi connectivity index (χ1) is 13.6. The molecule has 0 saturated heterocycles. The highest BCUT2D eigenvalue weighted by Gasteiger charge is 2.38. The fraction of sp³-hybridized carbons (Fsp3) is 0.760. The molecule has 4 atom stereocenters. The molecule has 3 aliphatic rings. The molecule has 0 aromatic heterocycles. The van der Waals surface area contributed by atoms with Crippen molar-refractivity contribution in [2.45, 2.75) is 83.5 Å². The Balaban J connectivity index is 1.33. The summed E-state index contributed by atoms with van der Waals surface area (Å²) >= 11 is 0. The van der Waals surface area contributed by atoms with Crippen LogP contribution in [0.1, 0.15) is 89.0 Å². The number of halogens is 2. The maximum Gasteiger partial charge on any atom is 0.200 e. The van der Waals surface area contributed by atoms with Gasteiger partial charge in [-0.25, -0.2) is 4.39 Å². The molecule has 0 spiro atoms. The minimum atomic E-state index is -0.830. The number of ether oxygens (including phenoxy) is 1. The fourth-order valence-electron chi connectivity index (χ4n) is 6.74. The van der Waals surface area contributed by atoms with Gasteiger partial charge in [-0.05, 0) is 105 Å². The maximum absolute atomic E-state index is 14.5. The van der Waals surface area contributed by atoms with Gasteiger partial charge in [0.1, 0.15) is 0 Å². The Morgan fingerprint density at radius 2 is 1.39 bits per heavy atom. The number of methoxy groups -OCH3 is 1. The first kappa shape index (κ1) is 20.2. The molecule has 156 valence electrons. The van der Waals surface area contributed by atoms with Gasteiger partial charge in [0.25, 0.3) is 0 Å². The van der Waals surface area contributed by atoms with Crippen LogP contribution in [0.25, 0.3) is 0 Å². The molecule has 3 saturated carbocycles. The van der Waals surface area contributed by atoms with Crippen molar-refractivity contribution < 1.29 is 13.5 Å². The molecule has 3 aliphatic carbocycles. The number of rotatable bonds is 4. The largest absolute Gasteiger partial charge is 0.494 e. The monoisotopic (exact) mass is 390 g/mol. The van der Waals surface area contributed by atoms with E-state index in [2.05, 4.69) is 6.92 Å². The van der Waals surface area contributed by atoms with Crippen LogP contribution in [-0.4, -0.2) is 7.11 Å². The van der Waals surface area contributed by atoms with Gasteiger partial charge in [0.15, 0.2) is 11.6 Å². The predicted octanol–water partition coefficient (Wildman–Crippen LogP) is 7.49. The lowest BCUT2D eigenvalue weighted by Gasteiger charge is -2.45. The van der Waals surface area contributed by atoms with Crippen molar-refractivity contribution in [3.8, 4) is 5.75 Å². The van der Waals surface area contributed by atoms with Gasteiger partial charge < -0.3 is 4.74 Å². The summed E-state index contributed by atoms with van der Waals surface area (Å²) in [6, 6.07) is 3.31. The van der Waals surface area contributed by atoms with Crippen molar-refractivity contribution in [2.75, 3.05) is 7.11 Å². The smallest absolute Gasteiger partial charge is 0.200 e. The molecule has 1 aromatic carbocycles. The third-order valence-electron chi connectivity index (χ3n) is 8.51. The summed E-state index contributed by atoms with van der Waals surface area (Å²) in [4.78, 5) is 0. The topological polar surface area (TPSA) is 9.23 Å². The average Bonchev–Trinajstić information content (AvgIpc) is 2.75. The summed E-state index contributed by atoms with van der Waals surface area (Å²) < 4.78 is 33.5. The minimum absolute atomic E-state index is 0.00416. The van der Waals surface area contributed by atoms with Gasteiger partial charge in [-0.2, -0.15) is 4.39 Å². The molecular formula is C25H36F2O. The van der Waals surface area contributed by atoms with Gasteiger partial charge in [-0.1, -0.05) is 25.8 Å². The van der Waals surface area contributed by atoms with Crippen LogP contribution in [0.3, 0.4) is 0 Å². The molecular weight excluding hydrogens is 354 g/mol. The Morgan fingerprint density at radius 1 is 0.786 bits per heavy atom. The van der Waals surface area contributed by atoms with Crippen molar-refractivity contribution in [2.24, 2.45) is 29.6 Å². The lowest BCUT2D eigenvalue weighted by atomic mass is 9.60. The third kappa shape index (κ3) is 3.96. The Morgan fingerprint density at radius 3 is 2.07 bits per heavy atom. The van der Waals surface area contributed by atoms with E-state index >= 15 is 0 Å². The molecule has 0 aliphatic heterocycles. The van der Waals surface area contributed by atoms with Crippen molar-refractivity contribution >= 4 is 0 Å². The van der Waals surface area contributed by atoms with E-state index in [0.717, 1.165) is 42.4 Å².